The highest BCUT2D eigenvalue weighted by Gasteiger charge is 2.30. The second kappa shape index (κ2) is 59.4. The fourth-order valence-electron chi connectivity index (χ4n) is 10.0. The third-order valence-corrected chi connectivity index (χ3v) is 17.7. The maximum Gasteiger partial charge on any atom is 0.472 e. The largest absolute Gasteiger partial charge is 0.472 e. The molecular formula is C67H130O17P2. The molecule has 0 amide bonds. The average Bonchev–Trinajstić information content (AvgIpc) is 3.57. The number of rotatable bonds is 66. The van der Waals surface area contributed by atoms with Crippen molar-refractivity contribution in [1.29, 1.82) is 0 Å². The number of aliphatic hydroxyl groups is 1. The van der Waals surface area contributed by atoms with E-state index in [1.54, 1.807) is 0 Å². The van der Waals surface area contributed by atoms with Crippen LogP contribution in [0.5, 0.6) is 0 Å². The summed E-state index contributed by atoms with van der Waals surface area (Å²) in [6, 6.07) is 0. The number of carbonyl (C=O) groups excluding carboxylic acids is 4. The van der Waals surface area contributed by atoms with E-state index in [4.69, 9.17) is 37.0 Å². The Bertz CT molecular complexity index is 1690. The van der Waals surface area contributed by atoms with E-state index in [-0.39, 0.29) is 25.7 Å². The van der Waals surface area contributed by atoms with Gasteiger partial charge < -0.3 is 33.8 Å². The third-order valence-electron chi connectivity index (χ3n) is 15.8. The van der Waals surface area contributed by atoms with Gasteiger partial charge in [-0.05, 0) is 37.5 Å². The summed E-state index contributed by atoms with van der Waals surface area (Å²) in [5.41, 5.74) is 0. The van der Waals surface area contributed by atoms with Crippen LogP contribution in [0.4, 0.5) is 0 Å². The van der Waals surface area contributed by atoms with Gasteiger partial charge in [0.05, 0.1) is 26.4 Å². The zero-order valence-electron chi connectivity index (χ0n) is 55.6. The number of carbonyl (C=O) groups is 4. The summed E-state index contributed by atoms with van der Waals surface area (Å²) in [5.74, 6) is -0.663. The highest BCUT2D eigenvalue weighted by atomic mass is 31.2. The van der Waals surface area contributed by atoms with Crippen LogP contribution in [0.2, 0.25) is 0 Å². The number of unbranched alkanes of at least 4 members (excludes halogenated alkanes) is 35. The highest BCUT2D eigenvalue weighted by Crippen LogP contribution is 2.45. The minimum atomic E-state index is -4.95. The summed E-state index contributed by atoms with van der Waals surface area (Å²) in [6.07, 6.45) is 43.6. The monoisotopic (exact) mass is 1270 g/mol. The van der Waals surface area contributed by atoms with E-state index in [0.717, 1.165) is 108 Å². The summed E-state index contributed by atoms with van der Waals surface area (Å²) in [4.78, 5) is 72.1. The molecule has 510 valence electrons. The lowest BCUT2D eigenvalue weighted by molar-refractivity contribution is -0.161. The van der Waals surface area contributed by atoms with Crippen molar-refractivity contribution < 1.29 is 80.2 Å². The molecule has 0 fully saturated rings. The second-order valence-corrected chi connectivity index (χ2v) is 27.8. The number of hydrogen-bond acceptors (Lipinski definition) is 15. The van der Waals surface area contributed by atoms with E-state index < -0.39 is 97.5 Å². The molecule has 0 aliphatic rings. The van der Waals surface area contributed by atoms with Gasteiger partial charge in [0.25, 0.3) is 0 Å². The van der Waals surface area contributed by atoms with Gasteiger partial charge in [-0.2, -0.15) is 0 Å². The van der Waals surface area contributed by atoms with E-state index in [2.05, 4.69) is 41.5 Å². The van der Waals surface area contributed by atoms with Crippen LogP contribution < -0.4 is 0 Å². The Morgan fingerprint density at radius 3 is 0.884 bits per heavy atom. The Morgan fingerprint density at radius 2 is 0.593 bits per heavy atom. The second-order valence-electron chi connectivity index (χ2n) is 24.9. The van der Waals surface area contributed by atoms with E-state index in [0.29, 0.717) is 25.7 Å². The van der Waals surface area contributed by atoms with E-state index in [9.17, 15) is 43.2 Å². The Kier molecular flexibility index (Phi) is 58.0. The molecule has 0 bridgehead atoms. The topological polar surface area (TPSA) is 237 Å². The lowest BCUT2D eigenvalue weighted by Gasteiger charge is -2.21. The molecule has 0 radical (unpaired) electrons. The molecule has 0 aliphatic heterocycles. The van der Waals surface area contributed by atoms with Crippen LogP contribution in [-0.2, 0) is 65.4 Å². The quantitative estimate of drug-likeness (QED) is 0.0222. The van der Waals surface area contributed by atoms with Gasteiger partial charge >= 0.3 is 39.5 Å². The van der Waals surface area contributed by atoms with Crippen LogP contribution >= 0.6 is 15.6 Å². The predicted octanol–water partition coefficient (Wildman–Crippen LogP) is 18.8. The molecule has 3 N–H and O–H groups in total. The number of esters is 4. The zero-order chi connectivity index (χ0) is 63.6. The minimum Gasteiger partial charge on any atom is -0.462 e. The highest BCUT2D eigenvalue weighted by molar-refractivity contribution is 7.47. The standard InChI is InChI=1S/C67H130O17P2/c1-7-10-12-14-15-16-17-18-19-20-21-22-23-24-29-32-39-45-51-66(71)83-63(56-78-65(70)50-44-38-31-28-26-25-27-30-36-41-47-59(4)5)58-82-86(75,76)80-54-61(68)53-79-85(73,74)81-57-62(55-77-64(69)49-43-35-13-11-8-2)84-67(72)52-46-40-34-33-37-42-48-60(6)9-3/h59-63,68H,7-58H2,1-6H3,(H,73,74)(H,75,76)/t60?,61-,62+,63+/m0/s1. The van der Waals surface area contributed by atoms with Crippen molar-refractivity contribution in [3.8, 4) is 0 Å². The van der Waals surface area contributed by atoms with Crippen molar-refractivity contribution >= 4 is 39.5 Å². The predicted molar refractivity (Wildman–Crippen MR) is 345 cm³/mol. The summed E-state index contributed by atoms with van der Waals surface area (Å²) in [6.45, 7) is 9.38. The van der Waals surface area contributed by atoms with E-state index >= 15 is 0 Å². The number of ether oxygens (including phenoxy) is 4. The number of aliphatic hydroxyl groups excluding tert-OH is 1. The molecule has 6 atom stereocenters. The molecule has 0 heterocycles. The average molecular weight is 1270 g/mol. The Hall–Kier alpha value is -1.94. The zero-order valence-corrected chi connectivity index (χ0v) is 57.4. The van der Waals surface area contributed by atoms with Crippen molar-refractivity contribution in [3.63, 3.8) is 0 Å². The van der Waals surface area contributed by atoms with Crippen LogP contribution in [0.15, 0.2) is 0 Å². The van der Waals surface area contributed by atoms with Gasteiger partial charge in [0.15, 0.2) is 12.2 Å². The van der Waals surface area contributed by atoms with E-state index in [1.165, 1.54) is 148 Å². The molecule has 0 aromatic carbocycles. The molecule has 0 spiro atoms. The maximum absolute atomic E-state index is 13.0. The van der Waals surface area contributed by atoms with Crippen LogP contribution in [-0.4, -0.2) is 96.7 Å². The molecular weight excluding hydrogens is 1140 g/mol. The Labute approximate surface area is 524 Å². The first-order valence-electron chi connectivity index (χ1n) is 35.0. The van der Waals surface area contributed by atoms with Crippen LogP contribution in [0.1, 0.15) is 337 Å². The number of hydrogen-bond donors (Lipinski definition) is 3. The van der Waals surface area contributed by atoms with Crippen molar-refractivity contribution in [2.75, 3.05) is 39.6 Å². The van der Waals surface area contributed by atoms with E-state index in [1.807, 2.05) is 0 Å². The number of phosphoric ester groups is 2. The fraction of sp³-hybridized carbons (Fsp3) is 0.940. The van der Waals surface area contributed by atoms with Gasteiger partial charge in [-0.3, -0.25) is 37.3 Å². The van der Waals surface area contributed by atoms with Crippen molar-refractivity contribution in [3.05, 3.63) is 0 Å². The molecule has 0 aromatic rings. The summed E-state index contributed by atoms with van der Waals surface area (Å²) >= 11 is 0. The Morgan fingerprint density at radius 1 is 0.337 bits per heavy atom. The van der Waals surface area contributed by atoms with Gasteiger partial charge in [0.1, 0.15) is 19.3 Å². The van der Waals surface area contributed by atoms with Gasteiger partial charge in [0.2, 0.25) is 0 Å². The number of phosphoric acid groups is 2. The maximum atomic E-state index is 13.0. The van der Waals surface area contributed by atoms with Gasteiger partial charge in [0, 0.05) is 25.7 Å². The van der Waals surface area contributed by atoms with Crippen LogP contribution in [0.25, 0.3) is 0 Å². The lowest BCUT2D eigenvalue weighted by atomic mass is 10.00. The van der Waals surface area contributed by atoms with Gasteiger partial charge in [-0.15, -0.1) is 0 Å². The molecule has 0 saturated carbocycles. The van der Waals surface area contributed by atoms with Crippen molar-refractivity contribution in [2.24, 2.45) is 11.8 Å². The molecule has 0 rings (SSSR count). The van der Waals surface area contributed by atoms with Gasteiger partial charge in [-0.1, -0.05) is 286 Å². The normalized spacial score (nSPS) is 14.5. The molecule has 19 heteroatoms. The van der Waals surface area contributed by atoms with Crippen molar-refractivity contribution in [2.45, 2.75) is 355 Å². The molecule has 0 aliphatic carbocycles. The minimum absolute atomic E-state index is 0.102. The first-order chi connectivity index (χ1) is 41.4. The fourth-order valence-corrected chi connectivity index (χ4v) is 11.6. The first-order valence-corrected chi connectivity index (χ1v) is 38.0. The third kappa shape index (κ3) is 59.7. The summed E-state index contributed by atoms with van der Waals surface area (Å²) < 4.78 is 67.9. The van der Waals surface area contributed by atoms with Crippen molar-refractivity contribution in [1.82, 2.24) is 0 Å². The summed E-state index contributed by atoms with van der Waals surface area (Å²) in [7, 11) is -9.88. The first kappa shape index (κ1) is 84.1. The molecule has 86 heavy (non-hydrogen) atoms. The van der Waals surface area contributed by atoms with Gasteiger partial charge in [-0.25, -0.2) is 9.13 Å². The molecule has 0 saturated heterocycles. The Balaban J connectivity index is 5.16. The van der Waals surface area contributed by atoms with Crippen LogP contribution in [0, 0.1) is 11.8 Å². The lowest BCUT2D eigenvalue weighted by Crippen LogP contribution is -2.30. The van der Waals surface area contributed by atoms with Crippen LogP contribution in [0.3, 0.4) is 0 Å². The summed E-state index contributed by atoms with van der Waals surface area (Å²) in [5, 5.41) is 10.5. The smallest absolute Gasteiger partial charge is 0.462 e. The molecule has 3 unspecified atom stereocenters. The SMILES string of the molecule is CCCCCCCCCCCCCCCCCCCCC(=O)O[C@H](COC(=O)CCCCCCCCCCCCC(C)C)COP(=O)(O)OC[C@@H](O)COP(=O)(O)OC[C@@H](COC(=O)CCCCCCC)OC(=O)CCCCCCCCC(C)CC. The molecule has 17 nitrogen and oxygen atoms in total. The molecule has 0 aromatic heterocycles.